The van der Waals surface area contributed by atoms with Crippen LogP contribution in [0.5, 0.6) is 5.75 Å². The molecule has 8 bridgehead atoms. The third-order valence-corrected chi connectivity index (χ3v) is 18.7. The van der Waals surface area contributed by atoms with Crippen LogP contribution in [0.2, 0.25) is 0 Å². The molecule has 11 heteroatoms. The minimum absolute atomic E-state index is 0.0414. The molecule has 2 fully saturated rings. The molecule has 0 saturated heterocycles. The molecular weight excluding hydrogens is 993 g/mol. The number of ether oxygens (including phenoxy) is 4. The molecule has 1 aromatic heterocycles. The highest BCUT2D eigenvalue weighted by atomic mass is 16.6. The van der Waals surface area contributed by atoms with Gasteiger partial charge in [0.25, 0.3) is 0 Å². The van der Waals surface area contributed by atoms with Gasteiger partial charge in [0.05, 0.1) is 25.4 Å². The number of benzene rings is 6. The topological polar surface area (TPSA) is 162 Å². The van der Waals surface area contributed by atoms with Crippen LogP contribution in [-0.4, -0.2) is 65.9 Å². The second-order valence-corrected chi connectivity index (χ2v) is 23.2. The maximum Gasteiger partial charge on any atom is 0.340 e. The normalized spacial score (nSPS) is 25.4. The van der Waals surface area contributed by atoms with E-state index in [2.05, 4.69) is 103 Å². The standard InChI is InChI=1S/C68H70O11/c1-68-53-23-21-47(34-53)48-20-19-43-11-7-13-49(57(43)35-48)33-52(37-70)55-24-16-40-14-17-44(18-15-40)54-25-22-46(45-12-6-10-42(31-45)30-41-8-4-3-5-9-41)32-51(54)36-60(72)76-64(65(68)78-66(55)73)62-59(79-68)27-26-56-58(38-71)61(67(74)77-63(56)62)50(28-29-69)39-75-2/h3-15,17-20,26-27,31,35,46-47,50-51,53-54,64-65,69-71H,16,21-25,28-30,32-34,36-39H2,1-2H3. The summed E-state index contributed by atoms with van der Waals surface area (Å²) in [5.74, 6) is -1.40. The van der Waals surface area contributed by atoms with Gasteiger partial charge >= 0.3 is 17.6 Å². The Morgan fingerprint density at radius 2 is 1.49 bits per heavy atom. The van der Waals surface area contributed by atoms with Gasteiger partial charge < -0.3 is 38.7 Å². The lowest BCUT2D eigenvalue weighted by Crippen LogP contribution is -2.58. The number of aliphatic hydroxyl groups excluding tert-OH is 3. The van der Waals surface area contributed by atoms with Gasteiger partial charge in [0.15, 0.2) is 12.2 Å². The molecule has 0 spiro atoms. The summed E-state index contributed by atoms with van der Waals surface area (Å²) < 4.78 is 33.3. The monoisotopic (exact) mass is 1060 g/mol. The largest absolute Gasteiger partial charge is 0.483 e. The van der Waals surface area contributed by atoms with E-state index in [-0.39, 0.29) is 78.8 Å². The fourth-order valence-electron chi connectivity index (χ4n) is 14.6. The fourth-order valence-corrected chi connectivity index (χ4v) is 14.6. The smallest absolute Gasteiger partial charge is 0.340 e. The van der Waals surface area contributed by atoms with Crippen molar-refractivity contribution in [3.05, 3.63) is 205 Å². The van der Waals surface area contributed by atoms with Crippen molar-refractivity contribution in [2.75, 3.05) is 26.9 Å². The number of rotatable bonds is 10. The number of hydrogen-bond acceptors (Lipinski definition) is 11. The van der Waals surface area contributed by atoms with Crippen LogP contribution in [0.4, 0.5) is 0 Å². The summed E-state index contributed by atoms with van der Waals surface area (Å²) in [6, 6.07) is 44.4. The molecule has 0 radical (unpaired) electrons. The first-order valence-corrected chi connectivity index (χ1v) is 28.5. The van der Waals surface area contributed by atoms with Crippen molar-refractivity contribution in [1.82, 2.24) is 0 Å². The predicted octanol–water partition coefficient (Wildman–Crippen LogP) is 11.9. The molecule has 2 aliphatic carbocycles. The zero-order valence-corrected chi connectivity index (χ0v) is 45.2. The van der Waals surface area contributed by atoms with Gasteiger partial charge in [0, 0.05) is 48.5 Å². The molecule has 3 N–H and O–H groups in total. The lowest BCUT2D eigenvalue weighted by atomic mass is 9.68. The highest BCUT2D eigenvalue weighted by Gasteiger charge is 2.58. The number of hydrogen-bond donors (Lipinski definition) is 3. The molecule has 6 aromatic carbocycles. The third-order valence-electron chi connectivity index (χ3n) is 18.7. The molecular formula is C68H70O11. The number of carbonyl (C=O) groups excluding carboxylic acids is 2. The van der Waals surface area contributed by atoms with Gasteiger partial charge in [-0.2, -0.15) is 0 Å². The number of esters is 2. The quantitative estimate of drug-likeness (QED) is 0.0883. The number of aliphatic hydroxyl groups is 3. The molecule has 4 aliphatic heterocycles. The van der Waals surface area contributed by atoms with Crippen LogP contribution < -0.4 is 10.4 Å². The Bertz CT molecular complexity index is 3500. The van der Waals surface area contributed by atoms with Crippen LogP contribution in [0.15, 0.2) is 148 Å². The Kier molecular flexibility index (Phi) is 14.9. The molecule has 7 aromatic rings. The van der Waals surface area contributed by atoms with E-state index in [0.717, 1.165) is 66.0 Å². The summed E-state index contributed by atoms with van der Waals surface area (Å²) in [5.41, 5.74) is 7.70. The Balaban J connectivity index is 1.03. The van der Waals surface area contributed by atoms with Crippen LogP contribution in [0.1, 0.15) is 150 Å². The minimum atomic E-state index is -1.34. The van der Waals surface area contributed by atoms with E-state index in [1.807, 2.05) is 19.1 Å². The number of fused-ring (bicyclic) bond motifs is 13. The van der Waals surface area contributed by atoms with Crippen molar-refractivity contribution in [2.24, 2.45) is 11.8 Å². The van der Waals surface area contributed by atoms with Crippen LogP contribution in [0.25, 0.3) is 21.7 Å². The lowest BCUT2D eigenvalue weighted by molar-refractivity contribution is -0.199. The van der Waals surface area contributed by atoms with E-state index in [9.17, 15) is 20.1 Å². The second-order valence-electron chi connectivity index (χ2n) is 23.2. The predicted molar refractivity (Wildman–Crippen MR) is 302 cm³/mol. The van der Waals surface area contributed by atoms with E-state index in [4.69, 9.17) is 23.4 Å². The van der Waals surface area contributed by atoms with Crippen LogP contribution in [0, 0.1) is 11.8 Å². The summed E-state index contributed by atoms with van der Waals surface area (Å²) in [4.78, 5) is 45.8. The number of methoxy groups -OCH3 is 1. The molecule has 79 heavy (non-hydrogen) atoms. The van der Waals surface area contributed by atoms with Gasteiger partial charge in [0.2, 0.25) is 0 Å². The maximum atomic E-state index is 15.7. The van der Waals surface area contributed by atoms with Crippen molar-refractivity contribution >= 4 is 33.7 Å². The van der Waals surface area contributed by atoms with Crippen molar-refractivity contribution in [2.45, 2.75) is 132 Å². The first kappa shape index (κ1) is 52.8. The van der Waals surface area contributed by atoms with E-state index in [0.29, 0.717) is 47.1 Å². The first-order valence-electron chi connectivity index (χ1n) is 28.5. The van der Waals surface area contributed by atoms with E-state index < -0.39 is 54.5 Å². The molecule has 9 atom stereocenters. The van der Waals surface area contributed by atoms with Crippen molar-refractivity contribution in [3.8, 4) is 5.75 Å². The Labute approximate surface area is 461 Å². The summed E-state index contributed by atoms with van der Waals surface area (Å²) in [5, 5.41) is 35.3. The molecule has 11 nitrogen and oxygen atoms in total. The van der Waals surface area contributed by atoms with Crippen LogP contribution in [-0.2, 0) is 49.7 Å². The van der Waals surface area contributed by atoms with Crippen molar-refractivity contribution < 1.29 is 48.3 Å². The molecule has 9 unspecified atom stereocenters. The average Bonchev–Trinajstić information content (AvgIpc) is 4.18. The average molecular weight is 1060 g/mol. The summed E-state index contributed by atoms with van der Waals surface area (Å²) in [7, 11) is 1.51. The van der Waals surface area contributed by atoms with Gasteiger partial charge in [-0.05, 0) is 174 Å². The SMILES string of the molecule is COCC(CCO)c1c(CO)c2ccc3c(c2oc1=O)C1OC(=O)CC2CC(c4cccc(Cc5ccccc5)c4)CCC2c2ccc(cc2)CCC2=C(CO)Cc4cccc5ccc(cc45)C4CCC(C4)C(C)(O3)C1OC2=O. The van der Waals surface area contributed by atoms with Gasteiger partial charge in [0.1, 0.15) is 16.9 Å². The highest BCUT2D eigenvalue weighted by Crippen LogP contribution is 2.55. The van der Waals surface area contributed by atoms with Gasteiger partial charge in [-0.3, -0.25) is 4.79 Å². The Hall–Kier alpha value is -6.89. The van der Waals surface area contributed by atoms with Gasteiger partial charge in [-0.15, -0.1) is 0 Å². The summed E-state index contributed by atoms with van der Waals surface area (Å²) in [6.07, 6.45) is 4.29. The van der Waals surface area contributed by atoms with E-state index >= 15 is 9.59 Å². The molecule has 408 valence electrons. The van der Waals surface area contributed by atoms with Crippen LogP contribution in [0.3, 0.4) is 0 Å². The molecule has 13 rings (SSSR count). The van der Waals surface area contributed by atoms with Gasteiger partial charge in [-0.1, -0.05) is 115 Å². The molecule has 5 heterocycles. The molecule has 2 saturated carbocycles. The second kappa shape index (κ2) is 22.3. The lowest BCUT2D eigenvalue weighted by Gasteiger charge is -2.48. The Morgan fingerprint density at radius 3 is 2.29 bits per heavy atom. The maximum absolute atomic E-state index is 15.7. The fraction of sp³-hybridized carbons (Fsp3) is 0.397. The minimum Gasteiger partial charge on any atom is -0.483 e. The summed E-state index contributed by atoms with van der Waals surface area (Å²) in [6.45, 7) is 0.884. The Morgan fingerprint density at radius 1 is 0.722 bits per heavy atom. The molecule has 0 amide bonds. The highest BCUT2D eigenvalue weighted by molar-refractivity contribution is 5.92. The van der Waals surface area contributed by atoms with Crippen molar-refractivity contribution in [3.63, 3.8) is 0 Å². The third kappa shape index (κ3) is 10.1. The van der Waals surface area contributed by atoms with Gasteiger partial charge in [-0.25, -0.2) is 9.59 Å². The number of aryl methyl sites for hydroxylation is 1. The van der Waals surface area contributed by atoms with Crippen LogP contribution >= 0.6 is 0 Å². The molecule has 6 aliphatic rings. The summed E-state index contributed by atoms with van der Waals surface area (Å²) >= 11 is 0. The zero-order valence-electron chi connectivity index (χ0n) is 45.2. The first-order chi connectivity index (χ1) is 38.5. The van der Waals surface area contributed by atoms with E-state index in [1.54, 1.807) is 12.1 Å². The number of carbonyl (C=O) groups is 2. The van der Waals surface area contributed by atoms with E-state index in [1.165, 1.54) is 29.4 Å². The zero-order chi connectivity index (χ0) is 54.4. The van der Waals surface area contributed by atoms with Crippen molar-refractivity contribution in [1.29, 1.82) is 0 Å².